The van der Waals surface area contributed by atoms with Crippen LogP contribution in [0.1, 0.15) is 58.8 Å². The van der Waals surface area contributed by atoms with Crippen LogP contribution in [-0.2, 0) is 16.1 Å². The van der Waals surface area contributed by atoms with Crippen LogP contribution in [0.15, 0.2) is 9.59 Å². The van der Waals surface area contributed by atoms with E-state index in [1.807, 2.05) is 18.9 Å². The second-order valence-corrected chi connectivity index (χ2v) is 7.57. The summed E-state index contributed by atoms with van der Waals surface area (Å²) in [6.45, 7) is 5.06. The number of nitrogens with zero attached hydrogens (tertiary/aromatic N) is 4. The molecule has 0 fully saturated rings. The second kappa shape index (κ2) is 10.7. The summed E-state index contributed by atoms with van der Waals surface area (Å²) in [7, 11) is 1.85. The number of carbonyl (C=O) groups excluding carboxylic acids is 1. The molecule has 0 aliphatic carbocycles. The molecule has 0 amide bonds. The van der Waals surface area contributed by atoms with E-state index in [0.717, 1.165) is 38.5 Å². The number of ether oxygens (including phenoxy) is 1. The Hall–Kier alpha value is -2.76. The van der Waals surface area contributed by atoms with Crippen LogP contribution in [-0.4, -0.2) is 41.9 Å². The predicted molar refractivity (Wildman–Crippen MR) is 111 cm³/mol. The minimum atomic E-state index is -0.391. The molecule has 0 unspecified atom stereocenters. The van der Waals surface area contributed by atoms with Gasteiger partial charge in [0.15, 0.2) is 0 Å². The van der Waals surface area contributed by atoms with Gasteiger partial charge < -0.3 is 14.5 Å². The number of carbonyl (C=O) groups is 1. The van der Waals surface area contributed by atoms with Gasteiger partial charge in [0.1, 0.15) is 11.5 Å². The van der Waals surface area contributed by atoms with Gasteiger partial charge in [-0.25, -0.2) is 4.79 Å². The van der Waals surface area contributed by atoms with Crippen molar-refractivity contribution in [2.24, 2.45) is 0 Å². The van der Waals surface area contributed by atoms with E-state index in [2.05, 4.69) is 16.0 Å². The molecule has 0 aromatic carbocycles. The minimum Gasteiger partial charge on any atom is -0.463 e. The Morgan fingerprint density at radius 3 is 2.62 bits per heavy atom. The van der Waals surface area contributed by atoms with Crippen molar-refractivity contribution in [1.29, 1.82) is 5.26 Å². The lowest BCUT2D eigenvalue weighted by molar-refractivity contribution is -0.145. The standard InChI is InChI=1S/C20H31N5O4/c1-15(29-16(2)26)10-6-9-12-24-14-23(3)17-18(27)22-20(28)25(19(17)24)13-8-5-4-7-11-21/h15H,4-10,12-14H2,1-3H3,(H,22,27,28)/t15-/m1/s1. The quantitative estimate of drug-likeness (QED) is 0.442. The molecule has 0 saturated carbocycles. The van der Waals surface area contributed by atoms with Gasteiger partial charge in [0, 0.05) is 33.5 Å². The third-order valence-electron chi connectivity index (χ3n) is 5.04. The van der Waals surface area contributed by atoms with E-state index in [1.165, 1.54) is 6.92 Å². The van der Waals surface area contributed by atoms with Gasteiger partial charge in [-0.1, -0.05) is 6.42 Å². The van der Waals surface area contributed by atoms with Gasteiger partial charge in [-0.3, -0.25) is 19.1 Å². The van der Waals surface area contributed by atoms with Gasteiger partial charge in [-0.05, 0) is 39.0 Å². The monoisotopic (exact) mass is 405 g/mol. The van der Waals surface area contributed by atoms with Crippen LogP contribution in [0.4, 0.5) is 11.5 Å². The van der Waals surface area contributed by atoms with E-state index in [1.54, 1.807) is 4.57 Å². The van der Waals surface area contributed by atoms with Crippen LogP contribution in [0.2, 0.25) is 0 Å². The summed E-state index contributed by atoms with van der Waals surface area (Å²) in [6, 6.07) is 2.13. The summed E-state index contributed by atoms with van der Waals surface area (Å²) >= 11 is 0. The fourth-order valence-corrected chi connectivity index (χ4v) is 3.72. The number of esters is 1. The number of aromatic amines is 1. The zero-order chi connectivity index (χ0) is 21.4. The molecule has 2 rings (SSSR count). The normalized spacial score (nSPS) is 13.9. The lowest BCUT2D eigenvalue weighted by atomic mass is 10.1. The molecular formula is C20H31N5O4. The number of H-pyrrole nitrogens is 1. The molecule has 0 spiro atoms. The van der Waals surface area contributed by atoms with Gasteiger partial charge in [0.2, 0.25) is 0 Å². The number of unbranched alkanes of at least 4 members (excludes halogenated alkanes) is 4. The number of anilines is 2. The first-order valence-electron chi connectivity index (χ1n) is 10.2. The van der Waals surface area contributed by atoms with E-state index in [4.69, 9.17) is 10.00 Å². The number of hydrogen-bond donors (Lipinski definition) is 1. The number of nitriles is 1. The van der Waals surface area contributed by atoms with E-state index in [0.29, 0.717) is 37.7 Å². The summed E-state index contributed by atoms with van der Waals surface area (Å²) in [5.74, 6) is 0.403. The van der Waals surface area contributed by atoms with E-state index in [9.17, 15) is 14.4 Å². The summed E-state index contributed by atoms with van der Waals surface area (Å²) in [4.78, 5) is 42.2. The van der Waals surface area contributed by atoms with Crippen LogP contribution in [0.25, 0.3) is 0 Å². The minimum absolute atomic E-state index is 0.115. The van der Waals surface area contributed by atoms with Crippen molar-refractivity contribution in [3.8, 4) is 6.07 Å². The molecule has 0 saturated heterocycles. The van der Waals surface area contributed by atoms with Crippen LogP contribution in [0, 0.1) is 11.3 Å². The first-order chi connectivity index (χ1) is 13.8. The van der Waals surface area contributed by atoms with Crippen LogP contribution in [0.3, 0.4) is 0 Å². The average molecular weight is 405 g/mol. The largest absolute Gasteiger partial charge is 0.463 e. The SMILES string of the molecule is CC(=O)O[C@H](C)CCCCN1CN(C)c2c1n(CCCCCC#N)c(=O)[nH]c2=O. The highest BCUT2D eigenvalue weighted by Crippen LogP contribution is 2.31. The molecule has 29 heavy (non-hydrogen) atoms. The van der Waals surface area contributed by atoms with Gasteiger partial charge in [0.05, 0.1) is 18.8 Å². The molecule has 9 heteroatoms. The second-order valence-electron chi connectivity index (χ2n) is 7.57. The predicted octanol–water partition coefficient (Wildman–Crippen LogP) is 1.96. The number of aromatic nitrogens is 2. The molecule has 160 valence electrons. The van der Waals surface area contributed by atoms with Gasteiger partial charge in [0.25, 0.3) is 5.56 Å². The highest BCUT2D eigenvalue weighted by molar-refractivity contribution is 5.71. The smallest absolute Gasteiger partial charge is 0.330 e. The Morgan fingerprint density at radius 2 is 1.93 bits per heavy atom. The third kappa shape index (κ3) is 6.11. The molecule has 1 aromatic heterocycles. The first-order valence-corrected chi connectivity index (χ1v) is 10.2. The van der Waals surface area contributed by atoms with Crippen LogP contribution in [0.5, 0.6) is 0 Å². The summed E-state index contributed by atoms with van der Waals surface area (Å²) in [6.07, 6.45) is 5.36. The maximum atomic E-state index is 12.5. The maximum Gasteiger partial charge on any atom is 0.330 e. The van der Waals surface area contributed by atoms with Crippen molar-refractivity contribution in [3.63, 3.8) is 0 Å². The van der Waals surface area contributed by atoms with Crippen molar-refractivity contribution in [1.82, 2.24) is 9.55 Å². The Balaban J connectivity index is 2.05. The zero-order valence-electron chi connectivity index (χ0n) is 17.6. The molecule has 9 nitrogen and oxygen atoms in total. The van der Waals surface area contributed by atoms with Crippen LogP contribution < -0.4 is 21.0 Å². The number of hydrogen-bond acceptors (Lipinski definition) is 7. The number of rotatable bonds is 11. The van der Waals surface area contributed by atoms with Crippen molar-refractivity contribution in [2.45, 2.75) is 71.4 Å². The van der Waals surface area contributed by atoms with E-state index >= 15 is 0 Å². The first kappa shape index (κ1) is 22.5. The van der Waals surface area contributed by atoms with Gasteiger partial charge in [-0.2, -0.15) is 5.26 Å². The Labute approximate surface area is 170 Å². The fraction of sp³-hybridized carbons (Fsp3) is 0.700. The lowest BCUT2D eigenvalue weighted by Crippen LogP contribution is -2.34. The Morgan fingerprint density at radius 1 is 1.21 bits per heavy atom. The Bertz CT molecular complexity index is 854. The number of nitrogens with one attached hydrogen (secondary N) is 1. The third-order valence-corrected chi connectivity index (χ3v) is 5.04. The summed E-state index contributed by atoms with van der Waals surface area (Å²) in [5, 5.41) is 8.65. The van der Waals surface area contributed by atoms with Crippen molar-refractivity contribution in [2.75, 3.05) is 30.1 Å². The molecule has 0 bridgehead atoms. The molecular weight excluding hydrogens is 374 g/mol. The van der Waals surface area contributed by atoms with E-state index in [-0.39, 0.29) is 17.6 Å². The zero-order valence-corrected chi connectivity index (χ0v) is 17.6. The molecule has 1 N–H and O–H groups in total. The molecule has 1 aliphatic heterocycles. The van der Waals surface area contributed by atoms with Crippen molar-refractivity contribution >= 4 is 17.5 Å². The highest BCUT2D eigenvalue weighted by Gasteiger charge is 2.30. The molecule has 2 heterocycles. The number of fused-ring (bicyclic) bond motifs is 1. The van der Waals surface area contributed by atoms with Crippen molar-refractivity contribution in [3.05, 3.63) is 20.8 Å². The lowest BCUT2D eigenvalue weighted by Gasteiger charge is -2.22. The molecule has 1 aliphatic rings. The van der Waals surface area contributed by atoms with Gasteiger partial charge >= 0.3 is 11.7 Å². The topological polar surface area (TPSA) is 111 Å². The van der Waals surface area contributed by atoms with Crippen molar-refractivity contribution < 1.29 is 9.53 Å². The highest BCUT2D eigenvalue weighted by atomic mass is 16.5. The molecule has 1 aromatic rings. The summed E-state index contributed by atoms with van der Waals surface area (Å²) in [5.41, 5.74) is -0.230. The fourth-order valence-electron chi connectivity index (χ4n) is 3.72. The maximum absolute atomic E-state index is 12.5. The summed E-state index contributed by atoms with van der Waals surface area (Å²) < 4.78 is 6.79. The van der Waals surface area contributed by atoms with E-state index < -0.39 is 5.69 Å². The molecule has 1 atom stereocenters. The van der Waals surface area contributed by atoms with Gasteiger partial charge in [-0.15, -0.1) is 0 Å². The average Bonchev–Trinajstić information content (AvgIpc) is 2.97. The Kier molecular flexibility index (Phi) is 8.31. The molecule has 0 radical (unpaired) electrons. The van der Waals surface area contributed by atoms with Crippen LogP contribution >= 0.6 is 0 Å².